The molecule has 0 atom stereocenters. The summed E-state index contributed by atoms with van der Waals surface area (Å²) >= 11 is 0. The normalized spacial score (nSPS) is 11.4. The van der Waals surface area contributed by atoms with Crippen LogP contribution in [0.25, 0.3) is 0 Å². The van der Waals surface area contributed by atoms with E-state index >= 15 is 0 Å². The minimum atomic E-state index is -3.92. The van der Waals surface area contributed by atoms with Crippen LogP contribution in [0.4, 0.5) is 10.1 Å². The van der Waals surface area contributed by atoms with E-state index in [0.717, 1.165) is 5.56 Å². The summed E-state index contributed by atoms with van der Waals surface area (Å²) in [6.45, 7) is 4.65. The predicted molar refractivity (Wildman–Crippen MR) is 120 cm³/mol. The lowest BCUT2D eigenvalue weighted by Gasteiger charge is -2.18. The number of hydrogen-bond donors (Lipinski definition) is 1. The van der Waals surface area contributed by atoms with E-state index in [1.807, 2.05) is 24.3 Å². The zero-order valence-electron chi connectivity index (χ0n) is 17.7. The second kappa shape index (κ2) is 9.31. The van der Waals surface area contributed by atoms with Gasteiger partial charge in [0.15, 0.2) is 0 Å². The number of amides is 1. The summed E-state index contributed by atoms with van der Waals surface area (Å²) in [5, 5.41) is 0. The lowest BCUT2D eigenvalue weighted by molar-refractivity contribution is 0.0785. The first-order chi connectivity index (χ1) is 14.7. The first-order valence-corrected chi connectivity index (χ1v) is 11.4. The Kier molecular flexibility index (Phi) is 6.75. The van der Waals surface area contributed by atoms with Crippen molar-refractivity contribution in [1.82, 2.24) is 4.90 Å². The van der Waals surface area contributed by atoms with Gasteiger partial charge in [-0.3, -0.25) is 9.52 Å². The number of nitrogens with one attached hydrogen (secondary N) is 1. The van der Waals surface area contributed by atoms with Crippen molar-refractivity contribution in [2.24, 2.45) is 0 Å². The summed E-state index contributed by atoms with van der Waals surface area (Å²) in [5.74, 6) is -0.314. The van der Waals surface area contributed by atoms with Crippen molar-refractivity contribution in [3.8, 4) is 0 Å². The monoisotopic (exact) mass is 440 g/mol. The summed E-state index contributed by atoms with van der Waals surface area (Å²) in [5.41, 5.74) is 2.72. The molecule has 0 radical (unpaired) electrons. The van der Waals surface area contributed by atoms with Gasteiger partial charge >= 0.3 is 0 Å². The molecule has 3 rings (SSSR count). The second-order valence-electron chi connectivity index (χ2n) is 7.70. The van der Waals surface area contributed by atoms with Gasteiger partial charge in [-0.25, -0.2) is 12.8 Å². The lowest BCUT2D eigenvalue weighted by atomic mass is 10.0. The van der Waals surface area contributed by atoms with Crippen LogP contribution in [0, 0.1) is 5.82 Å². The Labute approximate surface area is 182 Å². The maximum atomic E-state index is 13.1. The molecule has 0 spiro atoms. The van der Waals surface area contributed by atoms with E-state index in [-0.39, 0.29) is 22.1 Å². The van der Waals surface area contributed by atoms with Gasteiger partial charge in [-0.2, -0.15) is 0 Å². The molecule has 0 saturated carbocycles. The Morgan fingerprint density at radius 2 is 1.65 bits per heavy atom. The van der Waals surface area contributed by atoms with Crippen LogP contribution in [0.1, 0.15) is 41.3 Å². The molecule has 0 aliphatic carbocycles. The van der Waals surface area contributed by atoms with Crippen molar-refractivity contribution in [1.29, 1.82) is 0 Å². The Bertz CT molecular complexity index is 1160. The molecule has 31 heavy (non-hydrogen) atoms. The molecule has 0 unspecified atom stereocenters. The highest BCUT2D eigenvalue weighted by Crippen LogP contribution is 2.19. The molecule has 1 amide bonds. The van der Waals surface area contributed by atoms with Crippen molar-refractivity contribution >= 4 is 21.6 Å². The fraction of sp³-hybridized carbons (Fsp3) is 0.208. The number of anilines is 1. The molecule has 0 fully saturated rings. The molecule has 0 bridgehead atoms. The van der Waals surface area contributed by atoms with Crippen LogP contribution >= 0.6 is 0 Å². The van der Waals surface area contributed by atoms with Gasteiger partial charge < -0.3 is 4.90 Å². The number of halogens is 1. The molecule has 3 aromatic rings. The maximum absolute atomic E-state index is 13.1. The number of carbonyl (C=O) groups is 1. The van der Waals surface area contributed by atoms with Gasteiger partial charge in [0.25, 0.3) is 15.9 Å². The third kappa shape index (κ3) is 5.70. The highest BCUT2D eigenvalue weighted by atomic mass is 32.2. The van der Waals surface area contributed by atoms with E-state index in [1.165, 1.54) is 48.0 Å². The fourth-order valence-corrected chi connectivity index (χ4v) is 4.21. The standard InChI is InChI=1S/C24H25FN2O3S/c1-17(2)19-9-7-18(8-10-19)16-27(3)24(28)20-5-4-6-23(15-20)31(29,30)26-22-13-11-21(25)12-14-22/h4-15,17,26H,16H2,1-3H3. The van der Waals surface area contributed by atoms with Crippen molar-refractivity contribution in [3.05, 3.63) is 95.3 Å². The van der Waals surface area contributed by atoms with Gasteiger partial charge in [-0.05, 0) is 59.5 Å². The van der Waals surface area contributed by atoms with Crippen LogP contribution in [0.5, 0.6) is 0 Å². The highest BCUT2D eigenvalue weighted by Gasteiger charge is 2.18. The van der Waals surface area contributed by atoms with Crippen LogP contribution in [-0.2, 0) is 16.6 Å². The van der Waals surface area contributed by atoms with Gasteiger partial charge in [0.1, 0.15) is 5.82 Å². The summed E-state index contributed by atoms with van der Waals surface area (Å²) in [6, 6.07) is 18.9. The first-order valence-electron chi connectivity index (χ1n) is 9.88. The number of hydrogen-bond acceptors (Lipinski definition) is 3. The minimum Gasteiger partial charge on any atom is -0.337 e. The molecule has 162 valence electrons. The van der Waals surface area contributed by atoms with E-state index in [1.54, 1.807) is 18.0 Å². The average molecular weight is 441 g/mol. The van der Waals surface area contributed by atoms with Crippen molar-refractivity contribution < 1.29 is 17.6 Å². The molecule has 3 aromatic carbocycles. The highest BCUT2D eigenvalue weighted by molar-refractivity contribution is 7.92. The Balaban J connectivity index is 1.74. The van der Waals surface area contributed by atoms with E-state index in [0.29, 0.717) is 12.5 Å². The molecular weight excluding hydrogens is 415 g/mol. The number of carbonyl (C=O) groups excluding carboxylic acids is 1. The molecule has 7 heteroatoms. The fourth-order valence-electron chi connectivity index (χ4n) is 3.10. The molecule has 0 aliphatic heterocycles. The van der Waals surface area contributed by atoms with E-state index < -0.39 is 15.8 Å². The van der Waals surface area contributed by atoms with Crippen molar-refractivity contribution in [2.75, 3.05) is 11.8 Å². The molecule has 0 aliphatic rings. The number of sulfonamides is 1. The van der Waals surface area contributed by atoms with Crippen LogP contribution in [0.2, 0.25) is 0 Å². The topological polar surface area (TPSA) is 66.5 Å². The number of nitrogens with zero attached hydrogens (tertiary/aromatic N) is 1. The van der Waals surface area contributed by atoms with E-state index in [4.69, 9.17) is 0 Å². The summed E-state index contributed by atoms with van der Waals surface area (Å²) < 4.78 is 40.8. The van der Waals surface area contributed by atoms with Gasteiger partial charge in [0.05, 0.1) is 4.90 Å². The summed E-state index contributed by atoms with van der Waals surface area (Å²) in [7, 11) is -2.25. The van der Waals surface area contributed by atoms with E-state index in [2.05, 4.69) is 18.6 Å². The average Bonchev–Trinajstić information content (AvgIpc) is 2.75. The zero-order chi connectivity index (χ0) is 22.6. The Morgan fingerprint density at radius 1 is 1.00 bits per heavy atom. The molecule has 5 nitrogen and oxygen atoms in total. The minimum absolute atomic E-state index is 0.0441. The van der Waals surface area contributed by atoms with Gasteiger partial charge in [-0.1, -0.05) is 44.2 Å². The SMILES string of the molecule is CC(C)c1ccc(CN(C)C(=O)c2cccc(S(=O)(=O)Nc3ccc(F)cc3)c2)cc1. The van der Waals surface area contributed by atoms with Gasteiger partial charge in [0, 0.05) is 24.8 Å². The quantitative estimate of drug-likeness (QED) is 0.561. The lowest BCUT2D eigenvalue weighted by Crippen LogP contribution is -2.26. The van der Waals surface area contributed by atoms with Crippen LogP contribution in [-0.4, -0.2) is 26.3 Å². The van der Waals surface area contributed by atoms with Crippen molar-refractivity contribution in [2.45, 2.75) is 31.2 Å². The van der Waals surface area contributed by atoms with Crippen molar-refractivity contribution in [3.63, 3.8) is 0 Å². The third-order valence-corrected chi connectivity index (χ3v) is 6.28. The molecule has 0 saturated heterocycles. The molecule has 0 aromatic heterocycles. The first kappa shape index (κ1) is 22.5. The number of benzene rings is 3. The van der Waals surface area contributed by atoms with Crippen LogP contribution in [0.15, 0.2) is 77.7 Å². The Morgan fingerprint density at radius 3 is 2.26 bits per heavy atom. The largest absolute Gasteiger partial charge is 0.337 e. The maximum Gasteiger partial charge on any atom is 0.261 e. The second-order valence-corrected chi connectivity index (χ2v) is 9.38. The van der Waals surface area contributed by atoms with Crippen LogP contribution in [0.3, 0.4) is 0 Å². The number of rotatable bonds is 7. The third-order valence-electron chi connectivity index (χ3n) is 4.90. The molecule has 0 heterocycles. The summed E-state index contributed by atoms with van der Waals surface area (Å²) in [6.07, 6.45) is 0. The Hall–Kier alpha value is -3.19. The van der Waals surface area contributed by atoms with Crippen LogP contribution < -0.4 is 4.72 Å². The molecule has 1 N–H and O–H groups in total. The van der Waals surface area contributed by atoms with Gasteiger partial charge in [-0.15, -0.1) is 0 Å². The zero-order valence-corrected chi connectivity index (χ0v) is 18.5. The molecular formula is C24H25FN2O3S. The summed E-state index contributed by atoms with van der Waals surface area (Å²) in [4.78, 5) is 14.4. The van der Waals surface area contributed by atoms with Gasteiger partial charge in [0.2, 0.25) is 0 Å². The predicted octanol–water partition coefficient (Wildman–Crippen LogP) is 5.02. The smallest absolute Gasteiger partial charge is 0.261 e. The van der Waals surface area contributed by atoms with E-state index in [9.17, 15) is 17.6 Å².